The topological polar surface area (TPSA) is 72.5 Å². The highest BCUT2D eigenvalue weighted by molar-refractivity contribution is 7.99. The Morgan fingerprint density at radius 1 is 1.47 bits per heavy atom. The summed E-state index contributed by atoms with van der Waals surface area (Å²) in [7, 11) is 0. The molecular formula is C14H21NO3S. The van der Waals surface area contributed by atoms with Crippen LogP contribution in [0.5, 0.6) is 0 Å². The maximum atomic E-state index is 11.3. The summed E-state index contributed by atoms with van der Waals surface area (Å²) in [4.78, 5) is 11.3. The van der Waals surface area contributed by atoms with Crippen LogP contribution in [0.25, 0.3) is 0 Å². The lowest BCUT2D eigenvalue weighted by molar-refractivity contribution is -0.144. The van der Waals surface area contributed by atoms with Gasteiger partial charge >= 0.3 is 5.97 Å². The van der Waals surface area contributed by atoms with Crippen LogP contribution >= 0.6 is 11.8 Å². The lowest BCUT2D eigenvalue weighted by Gasteiger charge is -2.24. The van der Waals surface area contributed by atoms with Crippen molar-refractivity contribution in [2.45, 2.75) is 25.5 Å². The Labute approximate surface area is 118 Å². The minimum absolute atomic E-state index is 0.332. The Kier molecular flexibility index (Phi) is 6.34. The van der Waals surface area contributed by atoms with Crippen molar-refractivity contribution in [3.8, 4) is 0 Å². The van der Waals surface area contributed by atoms with E-state index in [0.29, 0.717) is 18.1 Å². The van der Waals surface area contributed by atoms with Gasteiger partial charge in [0.2, 0.25) is 0 Å². The summed E-state index contributed by atoms with van der Waals surface area (Å²) in [6.07, 6.45) is 0. The summed E-state index contributed by atoms with van der Waals surface area (Å²) < 4.78 is 4.83. The molecule has 0 saturated heterocycles. The average Bonchev–Trinajstić information content (AvgIpc) is 2.39. The molecule has 0 aliphatic carbocycles. The second kappa shape index (κ2) is 7.53. The molecule has 3 N–H and O–H groups in total. The molecule has 1 rings (SSSR count). The van der Waals surface area contributed by atoms with Crippen LogP contribution in [-0.4, -0.2) is 35.2 Å². The van der Waals surface area contributed by atoms with E-state index in [1.807, 2.05) is 30.3 Å². The van der Waals surface area contributed by atoms with Gasteiger partial charge in [-0.2, -0.15) is 11.8 Å². The van der Waals surface area contributed by atoms with Gasteiger partial charge in [-0.05, 0) is 19.4 Å². The molecule has 2 atom stereocenters. The van der Waals surface area contributed by atoms with E-state index in [0.717, 1.165) is 5.56 Å². The second-order valence-corrected chi connectivity index (χ2v) is 5.54. The SMILES string of the molecule is CCOC(=O)C(N)CSCC(C)(O)c1ccccc1. The van der Waals surface area contributed by atoms with E-state index in [2.05, 4.69) is 0 Å². The molecule has 0 amide bonds. The summed E-state index contributed by atoms with van der Waals surface area (Å²) in [5.74, 6) is 0.515. The quantitative estimate of drug-likeness (QED) is 0.742. The average molecular weight is 283 g/mol. The van der Waals surface area contributed by atoms with E-state index in [1.54, 1.807) is 13.8 Å². The van der Waals surface area contributed by atoms with Gasteiger partial charge in [0.1, 0.15) is 6.04 Å². The molecule has 106 valence electrons. The zero-order chi connectivity index (χ0) is 14.3. The Bertz CT molecular complexity index is 395. The van der Waals surface area contributed by atoms with E-state index >= 15 is 0 Å². The van der Waals surface area contributed by atoms with Gasteiger partial charge in [0.15, 0.2) is 0 Å². The molecular weight excluding hydrogens is 262 g/mol. The molecule has 0 heterocycles. The number of thioether (sulfide) groups is 1. The van der Waals surface area contributed by atoms with Crippen molar-refractivity contribution in [1.82, 2.24) is 0 Å². The number of carbonyl (C=O) groups is 1. The molecule has 0 aliphatic rings. The normalized spacial score (nSPS) is 15.6. The molecule has 0 saturated carbocycles. The van der Waals surface area contributed by atoms with Crippen molar-refractivity contribution in [1.29, 1.82) is 0 Å². The summed E-state index contributed by atoms with van der Waals surface area (Å²) in [6, 6.07) is 8.80. The second-order valence-electron chi connectivity index (χ2n) is 4.51. The van der Waals surface area contributed by atoms with Crippen LogP contribution in [0.15, 0.2) is 30.3 Å². The molecule has 5 heteroatoms. The van der Waals surface area contributed by atoms with E-state index in [4.69, 9.17) is 10.5 Å². The Morgan fingerprint density at radius 3 is 2.68 bits per heavy atom. The first kappa shape index (κ1) is 16.0. The van der Waals surface area contributed by atoms with E-state index in [9.17, 15) is 9.90 Å². The fraction of sp³-hybridized carbons (Fsp3) is 0.500. The predicted octanol–water partition coefficient (Wildman–Crippen LogP) is 1.52. The smallest absolute Gasteiger partial charge is 0.323 e. The van der Waals surface area contributed by atoms with Crippen molar-refractivity contribution >= 4 is 17.7 Å². The maximum absolute atomic E-state index is 11.3. The zero-order valence-corrected chi connectivity index (χ0v) is 12.2. The van der Waals surface area contributed by atoms with Crippen molar-refractivity contribution < 1.29 is 14.6 Å². The molecule has 0 radical (unpaired) electrons. The molecule has 19 heavy (non-hydrogen) atoms. The molecule has 0 spiro atoms. The van der Waals surface area contributed by atoms with Crippen LogP contribution in [0.4, 0.5) is 0 Å². The molecule has 0 bridgehead atoms. The third-order valence-corrected chi connectivity index (χ3v) is 4.03. The number of aliphatic hydroxyl groups is 1. The number of esters is 1. The fourth-order valence-electron chi connectivity index (χ4n) is 1.58. The fourth-order valence-corrected chi connectivity index (χ4v) is 2.65. The van der Waals surface area contributed by atoms with E-state index < -0.39 is 17.6 Å². The molecule has 0 fully saturated rings. The summed E-state index contributed by atoms with van der Waals surface area (Å²) in [6.45, 7) is 3.84. The van der Waals surface area contributed by atoms with E-state index in [1.165, 1.54) is 11.8 Å². The number of carbonyl (C=O) groups excluding carboxylic acids is 1. The van der Waals surface area contributed by atoms with Crippen LogP contribution < -0.4 is 5.73 Å². The first-order valence-corrected chi connectivity index (χ1v) is 7.40. The van der Waals surface area contributed by atoms with Gasteiger partial charge in [-0.1, -0.05) is 30.3 Å². The third-order valence-electron chi connectivity index (χ3n) is 2.67. The Morgan fingerprint density at radius 2 is 2.11 bits per heavy atom. The molecule has 0 aliphatic heterocycles. The van der Waals surface area contributed by atoms with Crippen LogP contribution in [-0.2, 0) is 15.1 Å². The standard InChI is InChI=1S/C14H21NO3S/c1-3-18-13(16)12(15)9-19-10-14(2,17)11-7-5-4-6-8-11/h4-8,12,17H,3,9-10,15H2,1-2H3. The maximum Gasteiger partial charge on any atom is 0.323 e. The van der Waals surface area contributed by atoms with Crippen LogP contribution in [0.3, 0.4) is 0 Å². The Balaban J connectivity index is 2.42. The monoisotopic (exact) mass is 283 g/mol. The number of rotatable bonds is 7. The van der Waals surface area contributed by atoms with Gasteiger partial charge in [-0.3, -0.25) is 4.79 Å². The Hall–Kier alpha value is -1.04. The number of hydrogen-bond acceptors (Lipinski definition) is 5. The van der Waals surface area contributed by atoms with Gasteiger partial charge in [0, 0.05) is 11.5 Å². The van der Waals surface area contributed by atoms with Gasteiger partial charge < -0.3 is 15.6 Å². The summed E-state index contributed by atoms with van der Waals surface area (Å²) in [5.41, 5.74) is 5.62. The molecule has 2 unspecified atom stereocenters. The predicted molar refractivity (Wildman–Crippen MR) is 77.9 cm³/mol. The largest absolute Gasteiger partial charge is 0.465 e. The first-order valence-electron chi connectivity index (χ1n) is 6.25. The van der Waals surface area contributed by atoms with Crippen molar-refractivity contribution in [3.63, 3.8) is 0 Å². The summed E-state index contributed by atoms with van der Waals surface area (Å²) >= 11 is 1.44. The number of nitrogens with two attached hydrogens (primary N) is 1. The minimum Gasteiger partial charge on any atom is -0.465 e. The van der Waals surface area contributed by atoms with Gasteiger partial charge in [-0.25, -0.2) is 0 Å². The number of benzene rings is 1. The van der Waals surface area contributed by atoms with Gasteiger partial charge in [-0.15, -0.1) is 0 Å². The highest BCUT2D eigenvalue weighted by atomic mass is 32.2. The van der Waals surface area contributed by atoms with Crippen molar-refractivity contribution in [2.24, 2.45) is 5.73 Å². The highest BCUT2D eigenvalue weighted by Crippen LogP contribution is 2.25. The number of hydrogen-bond donors (Lipinski definition) is 2. The molecule has 1 aromatic rings. The van der Waals surface area contributed by atoms with Crippen molar-refractivity contribution in [3.05, 3.63) is 35.9 Å². The molecule has 0 aromatic heterocycles. The van der Waals surface area contributed by atoms with Gasteiger partial charge in [0.25, 0.3) is 0 Å². The lowest BCUT2D eigenvalue weighted by atomic mass is 9.99. The van der Waals surface area contributed by atoms with Gasteiger partial charge in [0.05, 0.1) is 12.2 Å². The molecule has 1 aromatic carbocycles. The minimum atomic E-state index is -0.930. The zero-order valence-electron chi connectivity index (χ0n) is 11.3. The van der Waals surface area contributed by atoms with Crippen LogP contribution in [0, 0.1) is 0 Å². The summed E-state index contributed by atoms with van der Waals surface area (Å²) in [5, 5.41) is 10.4. The molecule has 4 nitrogen and oxygen atoms in total. The first-order chi connectivity index (χ1) is 8.97. The van der Waals surface area contributed by atoms with Crippen LogP contribution in [0.1, 0.15) is 19.4 Å². The third kappa shape index (κ3) is 5.22. The van der Waals surface area contributed by atoms with E-state index in [-0.39, 0.29) is 0 Å². The van der Waals surface area contributed by atoms with Crippen molar-refractivity contribution in [2.75, 3.05) is 18.1 Å². The number of ether oxygens (including phenoxy) is 1. The van der Waals surface area contributed by atoms with Crippen LogP contribution in [0.2, 0.25) is 0 Å². The highest BCUT2D eigenvalue weighted by Gasteiger charge is 2.24. The lowest BCUT2D eigenvalue weighted by Crippen LogP contribution is -2.35.